The number of anilines is 2. The largest absolute Gasteiger partial charge is 0.532 e. The summed E-state index contributed by atoms with van der Waals surface area (Å²) >= 11 is 0. The van der Waals surface area contributed by atoms with Gasteiger partial charge in [0.2, 0.25) is 0 Å². The summed E-state index contributed by atoms with van der Waals surface area (Å²) in [5.41, 5.74) is 3.97. The Morgan fingerprint density at radius 3 is 2.17 bits per heavy atom. The molecule has 9 heteroatoms. The smallest absolute Gasteiger partial charge is 0.426 e. The average molecular weight is 552 g/mol. The van der Waals surface area contributed by atoms with Crippen LogP contribution in [0.2, 0.25) is 0 Å². The van der Waals surface area contributed by atoms with Gasteiger partial charge in [-0.25, -0.2) is 4.57 Å². The van der Waals surface area contributed by atoms with Crippen molar-refractivity contribution in [3.05, 3.63) is 108 Å². The van der Waals surface area contributed by atoms with Gasteiger partial charge in [0.1, 0.15) is 5.75 Å². The lowest BCUT2D eigenvalue weighted by atomic mass is 9.88. The van der Waals surface area contributed by atoms with Crippen molar-refractivity contribution in [3.8, 4) is 17.9 Å². The molecule has 1 aliphatic heterocycles. The van der Waals surface area contributed by atoms with E-state index in [9.17, 15) is 4.57 Å². The first-order valence-corrected chi connectivity index (χ1v) is 14.2. The van der Waals surface area contributed by atoms with Gasteiger partial charge < -0.3 is 14.2 Å². The fourth-order valence-electron chi connectivity index (χ4n) is 4.59. The minimum atomic E-state index is -4.32. The number of para-hydroxylation sites is 2. The molecule has 4 aromatic rings. The van der Waals surface area contributed by atoms with Crippen LogP contribution in [-0.4, -0.2) is 20.3 Å². The van der Waals surface area contributed by atoms with E-state index < -0.39 is 7.82 Å². The van der Waals surface area contributed by atoms with Crippen molar-refractivity contribution in [2.75, 3.05) is 25.2 Å². The highest BCUT2D eigenvalue weighted by Crippen LogP contribution is 2.55. The molecule has 0 saturated carbocycles. The fourth-order valence-corrected chi connectivity index (χ4v) is 5.73. The third kappa shape index (κ3) is 5.57. The Hall–Kier alpha value is -4.59. The van der Waals surface area contributed by atoms with Crippen LogP contribution in [0.1, 0.15) is 24.0 Å². The second-order valence-corrected chi connectivity index (χ2v) is 10.5. The van der Waals surface area contributed by atoms with Crippen LogP contribution >= 0.6 is 7.82 Å². The van der Waals surface area contributed by atoms with Gasteiger partial charge in [0.25, 0.3) is 0 Å². The van der Waals surface area contributed by atoms with Crippen molar-refractivity contribution < 1.29 is 22.9 Å². The molecular weight excluding hydrogens is 525 g/mol. The fraction of sp³-hybridized carbons (Fsp3) is 0.161. The van der Waals surface area contributed by atoms with Crippen molar-refractivity contribution in [3.63, 3.8) is 0 Å². The normalized spacial score (nSPS) is 13.5. The van der Waals surface area contributed by atoms with Crippen LogP contribution in [0.3, 0.4) is 0 Å². The summed E-state index contributed by atoms with van der Waals surface area (Å²) in [6, 6.07) is 32.8. The minimum Gasteiger partial charge on any atom is -0.426 e. The first-order chi connectivity index (χ1) is 19.5. The Kier molecular flexibility index (Phi) is 8.15. The number of hydrogen-bond donors (Lipinski definition) is 0. The van der Waals surface area contributed by atoms with E-state index in [1.54, 1.807) is 12.1 Å². The molecule has 5 rings (SSSR count). The Bertz CT molecular complexity index is 1670. The van der Waals surface area contributed by atoms with E-state index in [1.807, 2.05) is 92.0 Å². The molecule has 0 spiro atoms. The molecule has 0 aromatic heterocycles. The maximum absolute atomic E-state index is 13.9. The molecule has 0 aliphatic carbocycles. The van der Waals surface area contributed by atoms with Gasteiger partial charge >= 0.3 is 13.8 Å². The zero-order valence-corrected chi connectivity index (χ0v) is 22.7. The SMILES string of the molecule is CN1c2ccccc2/C(=C(\Oc2ccccc2)OP(=O)(OCCC#N)OCCC#N)c2ccc3ccccc3c21. The van der Waals surface area contributed by atoms with Crippen LogP contribution < -0.4 is 9.64 Å². The zero-order valence-electron chi connectivity index (χ0n) is 21.8. The highest BCUT2D eigenvalue weighted by Gasteiger charge is 2.36. The van der Waals surface area contributed by atoms with E-state index in [2.05, 4.69) is 11.0 Å². The molecular formula is C31H26N3O5P. The van der Waals surface area contributed by atoms with Gasteiger partial charge in [-0.3, -0.25) is 9.05 Å². The van der Waals surface area contributed by atoms with Crippen LogP contribution in [-0.2, 0) is 18.1 Å². The first-order valence-electron chi connectivity index (χ1n) is 12.7. The maximum Gasteiger partial charge on any atom is 0.532 e. The Morgan fingerprint density at radius 2 is 1.45 bits per heavy atom. The molecule has 0 unspecified atom stereocenters. The van der Waals surface area contributed by atoms with Crippen molar-refractivity contribution in [2.45, 2.75) is 12.8 Å². The molecule has 1 aliphatic rings. The summed E-state index contributed by atoms with van der Waals surface area (Å²) in [6.45, 7) is -0.371. The van der Waals surface area contributed by atoms with E-state index in [0.717, 1.165) is 33.3 Å². The molecule has 1 heterocycles. The predicted molar refractivity (Wildman–Crippen MR) is 153 cm³/mol. The molecule has 0 bridgehead atoms. The van der Waals surface area contributed by atoms with Gasteiger partial charge in [-0.2, -0.15) is 10.5 Å². The number of benzene rings is 4. The van der Waals surface area contributed by atoms with Crippen LogP contribution in [0.4, 0.5) is 11.4 Å². The van der Waals surface area contributed by atoms with Crippen LogP contribution in [0, 0.1) is 22.7 Å². The number of phosphoric ester groups is 1. The van der Waals surface area contributed by atoms with Crippen molar-refractivity contribution in [1.82, 2.24) is 0 Å². The number of nitriles is 2. The number of ether oxygens (including phenoxy) is 1. The molecule has 0 saturated heterocycles. The third-order valence-electron chi connectivity index (χ3n) is 6.32. The lowest BCUT2D eigenvalue weighted by Crippen LogP contribution is -2.20. The summed E-state index contributed by atoms with van der Waals surface area (Å²) in [4.78, 5) is 2.11. The van der Waals surface area contributed by atoms with Crippen molar-refractivity contribution in [1.29, 1.82) is 10.5 Å². The van der Waals surface area contributed by atoms with Crippen molar-refractivity contribution >= 4 is 35.5 Å². The Labute approximate surface area is 232 Å². The summed E-state index contributed by atoms with van der Waals surface area (Å²) in [7, 11) is -2.32. The van der Waals surface area contributed by atoms with E-state index in [0.29, 0.717) is 11.3 Å². The number of rotatable bonds is 10. The predicted octanol–water partition coefficient (Wildman–Crippen LogP) is 7.70. The van der Waals surface area contributed by atoms with Crippen LogP contribution in [0.25, 0.3) is 16.3 Å². The van der Waals surface area contributed by atoms with Crippen LogP contribution in [0.15, 0.2) is 96.9 Å². The Balaban J connectivity index is 1.75. The quantitative estimate of drug-likeness (QED) is 0.112. The average Bonchev–Trinajstić information content (AvgIpc) is 2.98. The van der Waals surface area contributed by atoms with Gasteiger partial charge in [0.15, 0.2) is 0 Å². The molecule has 8 nitrogen and oxygen atoms in total. The van der Waals surface area contributed by atoms with E-state index >= 15 is 0 Å². The van der Waals surface area contributed by atoms with Gasteiger partial charge in [0.05, 0.1) is 49.5 Å². The molecule has 0 fully saturated rings. The van der Waals surface area contributed by atoms with E-state index in [1.165, 1.54) is 0 Å². The van der Waals surface area contributed by atoms with E-state index in [4.69, 9.17) is 28.8 Å². The zero-order chi connectivity index (χ0) is 28.0. The van der Waals surface area contributed by atoms with Gasteiger partial charge in [-0.05, 0) is 23.6 Å². The van der Waals surface area contributed by atoms with Gasteiger partial charge in [-0.1, -0.05) is 72.8 Å². The summed E-state index contributed by atoms with van der Waals surface area (Å²) in [5.74, 6) is 0.366. The molecule has 40 heavy (non-hydrogen) atoms. The van der Waals surface area contributed by atoms with Gasteiger partial charge in [0, 0.05) is 29.2 Å². The number of nitrogens with zero attached hydrogens (tertiary/aromatic N) is 3. The number of fused-ring (bicyclic) bond motifs is 4. The van der Waals surface area contributed by atoms with Gasteiger partial charge in [-0.15, -0.1) is 0 Å². The molecule has 0 amide bonds. The topological polar surface area (TPSA) is 105 Å². The lowest BCUT2D eigenvalue weighted by Gasteiger charge is -2.33. The monoisotopic (exact) mass is 551 g/mol. The second kappa shape index (κ2) is 12.1. The summed E-state index contributed by atoms with van der Waals surface area (Å²) in [6.07, 6.45) is -0.0499. The maximum atomic E-state index is 13.9. The van der Waals surface area contributed by atoms with E-state index in [-0.39, 0.29) is 32.0 Å². The molecule has 200 valence electrons. The van der Waals surface area contributed by atoms with Crippen molar-refractivity contribution in [2.24, 2.45) is 0 Å². The summed E-state index contributed by atoms with van der Waals surface area (Å²) < 4.78 is 37.3. The standard InChI is InChI=1S/C31H26N3O5P/c1-34-28-16-8-7-15-26(28)29(27-18-17-23-11-5-6-14-25(23)30(27)34)31(38-24-12-3-2-4-13-24)39-40(35,36-21-9-19-32)37-22-10-20-33/h2-8,11-18H,9-10,21-22H2,1H3/b31-29-. The molecule has 0 radical (unpaired) electrons. The summed E-state index contributed by atoms with van der Waals surface area (Å²) in [5, 5.41) is 20.1. The first kappa shape index (κ1) is 27.0. The highest BCUT2D eigenvalue weighted by atomic mass is 31.2. The Morgan fingerprint density at radius 1 is 0.800 bits per heavy atom. The number of hydrogen-bond acceptors (Lipinski definition) is 8. The highest BCUT2D eigenvalue weighted by molar-refractivity contribution is 7.48. The minimum absolute atomic E-state index is 0.0249. The molecule has 0 N–H and O–H groups in total. The number of phosphoric acid groups is 1. The molecule has 4 aromatic carbocycles. The van der Waals surface area contributed by atoms with Crippen LogP contribution in [0.5, 0.6) is 5.75 Å². The second-order valence-electron chi connectivity index (χ2n) is 8.86. The lowest BCUT2D eigenvalue weighted by molar-refractivity contribution is 0.107. The third-order valence-corrected chi connectivity index (χ3v) is 7.71. The molecule has 0 atom stereocenters.